The summed E-state index contributed by atoms with van der Waals surface area (Å²) in [4.78, 5) is 0. The fourth-order valence-electron chi connectivity index (χ4n) is 4.24. The molecule has 1 heteroatoms. The Hall–Kier alpha value is -0.0400. The van der Waals surface area contributed by atoms with Crippen LogP contribution < -0.4 is 0 Å². The van der Waals surface area contributed by atoms with E-state index in [1.807, 2.05) is 0 Å². The largest absolute Gasteiger partial charge is 0.370 e. The van der Waals surface area contributed by atoms with Gasteiger partial charge in [0, 0.05) is 0 Å². The maximum Gasteiger partial charge on any atom is 0.0847 e. The number of ether oxygens (including phenoxy) is 1. The van der Waals surface area contributed by atoms with Crippen LogP contribution in [0.3, 0.4) is 0 Å². The lowest BCUT2D eigenvalue weighted by Crippen LogP contribution is -2.36. The van der Waals surface area contributed by atoms with Crippen molar-refractivity contribution in [3.8, 4) is 0 Å². The van der Waals surface area contributed by atoms with Crippen molar-refractivity contribution >= 4 is 0 Å². The molecule has 1 aliphatic heterocycles. The lowest BCUT2D eigenvalue weighted by Gasteiger charge is -2.44. The van der Waals surface area contributed by atoms with Crippen molar-refractivity contribution in [3.05, 3.63) is 0 Å². The Morgan fingerprint density at radius 2 is 1.87 bits per heavy atom. The van der Waals surface area contributed by atoms with Crippen molar-refractivity contribution in [2.75, 3.05) is 0 Å². The summed E-state index contributed by atoms with van der Waals surface area (Å²) in [5.74, 6) is 1.03. The topological polar surface area (TPSA) is 12.5 Å². The normalized spacial score (nSPS) is 46.2. The van der Waals surface area contributed by atoms with Gasteiger partial charge in [-0.05, 0) is 43.4 Å². The van der Waals surface area contributed by atoms with Gasteiger partial charge in [0.2, 0.25) is 0 Å². The highest BCUT2D eigenvalue weighted by Crippen LogP contribution is 2.55. The van der Waals surface area contributed by atoms with E-state index < -0.39 is 0 Å². The van der Waals surface area contributed by atoms with Gasteiger partial charge in [0.25, 0.3) is 0 Å². The lowest BCUT2D eigenvalue weighted by atomic mass is 9.60. The molecule has 2 saturated carbocycles. The van der Waals surface area contributed by atoms with Crippen molar-refractivity contribution in [1.82, 2.24) is 0 Å². The van der Waals surface area contributed by atoms with Gasteiger partial charge in [-0.3, -0.25) is 0 Å². The third-order valence-corrected chi connectivity index (χ3v) is 5.40. The maximum absolute atomic E-state index is 5.73. The van der Waals surface area contributed by atoms with Crippen molar-refractivity contribution in [1.29, 1.82) is 0 Å². The van der Waals surface area contributed by atoms with Crippen molar-refractivity contribution in [2.24, 2.45) is 11.3 Å². The lowest BCUT2D eigenvalue weighted by molar-refractivity contribution is 0.0710. The summed E-state index contributed by atoms with van der Waals surface area (Å²) in [6.07, 6.45) is 14.4. The van der Waals surface area contributed by atoms with Gasteiger partial charge in [0.05, 0.1) is 12.2 Å². The second-order valence-corrected chi connectivity index (χ2v) is 6.01. The molecule has 1 saturated heterocycles. The zero-order chi connectivity index (χ0) is 10.3. The second-order valence-electron chi connectivity index (χ2n) is 6.01. The van der Waals surface area contributed by atoms with E-state index in [0.717, 1.165) is 5.92 Å². The van der Waals surface area contributed by atoms with Gasteiger partial charge in [0.1, 0.15) is 0 Å². The van der Waals surface area contributed by atoms with Crippen LogP contribution in [0.15, 0.2) is 0 Å². The van der Waals surface area contributed by atoms with Crippen molar-refractivity contribution in [2.45, 2.75) is 76.9 Å². The van der Waals surface area contributed by atoms with Gasteiger partial charge >= 0.3 is 0 Å². The summed E-state index contributed by atoms with van der Waals surface area (Å²) < 4.78 is 5.73. The molecule has 0 amide bonds. The van der Waals surface area contributed by atoms with Crippen LogP contribution in [0.2, 0.25) is 0 Å². The molecule has 0 bridgehead atoms. The van der Waals surface area contributed by atoms with Gasteiger partial charge in [-0.2, -0.15) is 0 Å². The number of rotatable bonds is 2. The average molecular weight is 208 g/mol. The van der Waals surface area contributed by atoms with E-state index in [1.165, 1.54) is 57.8 Å². The fourth-order valence-corrected chi connectivity index (χ4v) is 4.24. The van der Waals surface area contributed by atoms with Crippen molar-refractivity contribution in [3.63, 3.8) is 0 Å². The summed E-state index contributed by atoms with van der Waals surface area (Å²) in [6.45, 7) is 2.41. The molecule has 0 N–H and O–H groups in total. The van der Waals surface area contributed by atoms with Crippen LogP contribution in [0.4, 0.5) is 0 Å². The summed E-state index contributed by atoms with van der Waals surface area (Å²) in [5, 5.41) is 0. The Balaban J connectivity index is 1.72. The standard InChI is InChI=1S/C14H24O/c1-2-14(11-6-4-3-5-7-11)9-8-12-13(10-14)15-12/h11-13H,2-10H2,1H3. The van der Waals surface area contributed by atoms with Gasteiger partial charge < -0.3 is 4.74 Å². The highest BCUT2D eigenvalue weighted by atomic mass is 16.6. The predicted octanol–water partition coefficient (Wildman–Crippen LogP) is 3.91. The maximum atomic E-state index is 5.73. The van der Waals surface area contributed by atoms with E-state index in [1.54, 1.807) is 0 Å². The summed E-state index contributed by atoms with van der Waals surface area (Å²) >= 11 is 0. The first-order valence-electron chi connectivity index (χ1n) is 6.99. The van der Waals surface area contributed by atoms with E-state index in [9.17, 15) is 0 Å². The first kappa shape index (κ1) is 10.1. The van der Waals surface area contributed by atoms with E-state index >= 15 is 0 Å². The highest BCUT2D eigenvalue weighted by molar-refractivity contribution is 5.01. The minimum absolute atomic E-state index is 0.667. The second kappa shape index (κ2) is 3.76. The Labute approximate surface area is 93.6 Å². The Bertz CT molecular complexity index is 231. The van der Waals surface area contributed by atoms with Gasteiger partial charge in [0.15, 0.2) is 0 Å². The van der Waals surface area contributed by atoms with Crippen LogP contribution >= 0.6 is 0 Å². The molecule has 0 aromatic rings. The number of hydrogen-bond donors (Lipinski definition) is 0. The summed E-state index contributed by atoms with van der Waals surface area (Å²) in [6, 6.07) is 0. The minimum atomic E-state index is 0.667. The van der Waals surface area contributed by atoms with Gasteiger partial charge in [-0.25, -0.2) is 0 Å². The molecule has 3 atom stereocenters. The highest BCUT2D eigenvalue weighted by Gasteiger charge is 2.52. The quantitative estimate of drug-likeness (QED) is 0.627. The zero-order valence-electron chi connectivity index (χ0n) is 10.0. The Kier molecular flexibility index (Phi) is 2.54. The third kappa shape index (κ3) is 1.73. The van der Waals surface area contributed by atoms with E-state index in [2.05, 4.69) is 6.92 Å². The molecule has 3 aliphatic rings. The molecule has 0 radical (unpaired) electrons. The Morgan fingerprint density at radius 3 is 2.53 bits per heavy atom. The Morgan fingerprint density at radius 1 is 1.07 bits per heavy atom. The molecular formula is C14H24O. The summed E-state index contributed by atoms with van der Waals surface area (Å²) in [5.41, 5.74) is 0.679. The molecule has 2 aliphatic carbocycles. The molecule has 1 heterocycles. The molecule has 86 valence electrons. The molecule has 15 heavy (non-hydrogen) atoms. The first-order valence-corrected chi connectivity index (χ1v) is 6.99. The van der Waals surface area contributed by atoms with Gasteiger partial charge in [-0.1, -0.05) is 32.6 Å². The molecule has 3 rings (SSSR count). The molecule has 0 spiro atoms. The number of epoxide rings is 1. The van der Waals surface area contributed by atoms with Crippen LogP contribution in [0.1, 0.15) is 64.7 Å². The predicted molar refractivity (Wildman–Crippen MR) is 61.8 cm³/mol. The third-order valence-electron chi connectivity index (χ3n) is 5.40. The summed E-state index contributed by atoms with van der Waals surface area (Å²) in [7, 11) is 0. The molecule has 1 nitrogen and oxygen atoms in total. The van der Waals surface area contributed by atoms with Crippen LogP contribution in [-0.2, 0) is 4.74 Å². The number of fused-ring (bicyclic) bond motifs is 1. The van der Waals surface area contributed by atoms with E-state index in [0.29, 0.717) is 17.6 Å². The zero-order valence-corrected chi connectivity index (χ0v) is 10.0. The van der Waals surface area contributed by atoms with Crippen LogP contribution in [-0.4, -0.2) is 12.2 Å². The monoisotopic (exact) mass is 208 g/mol. The molecule has 3 fully saturated rings. The average Bonchev–Trinajstić information content (AvgIpc) is 3.08. The first-order chi connectivity index (χ1) is 7.34. The SMILES string of the molecule is CCC1(C2CCCCC2)CCC2OC2C1. The van der Waals surface area contributed by atoms with Crippen molar-refractivity contribution < 1.29 is 4.74 Å². The molecule has 0 aromatic carbocycles. The molecule has 0 aromatic heterocycles. The molecular weight excluding hydrogens is 184 g/mol. The van der Waals surface area contributed by atoms with E-state index in [4.69, 9.17) is 4.74 Å². The fraction of sp³-hybridized carbons (Fsp3) is 1.00. The van der Waals surface area contributed by atoms with E-state index in [-0.39, 0.29) is 0 Å². The van der Waals surface area contributed by atoms with Crippen LogP contribution in [0, 0.1) is 11.3 Å². The minimum Gasteiger partial charge on any atom is -0.370 e. The number of hydrogen-bond acceptors (Lipinski definition) is 1. The van der Waals surface area contributed by atoms with Gasteiger partial charge in [-0.15, -0.1) is 0 Å². The van der Waals surface area contributed by atoms with Crippen LogP contribution in [0.5, 0.6) is 0 Å². The smallest absolute Gasteiger partial charge is 0.0847 e. The van der Waals surface area contributed by atoms with Crippen LogP contribution in [0.25, 0.3) is 0 Å². The molecule has 3 unspecified atom stereocenters.